The molecule has 1 aromatic carbocycles. The van der Waals surface area contributed by atoms with Gasteiger partial charge in [0, 0.05) is 36.8 Å². The van der Waals surface area contributed by atoms with Gasteiger partial charge >= 0.3 is 0 Å². The van der Waals surface area contributed by atoms with Crippen LogP contribution in [0.4, 0.5) is 26.0 Å². The fourth-order valence-corrected chi connectivity index (χ4v) is 2.92. The lowest BCUT2D eigenvalue weighted by molar-refractivity contribution is 0.0958. The summed E-state index contributed by atoms with van der Waals surface area (Å²) in [4.78, 5) is 20.2. The molecule has 4 rings (SSSR count). The third kappa shape index (κ3) is 3.33. The van der Waals surface area contributed by atoms with Crippen LogP contribution in [0.3, 0.4) is 0 Å². The SMILES string of the molecule is CNC(=O)c1cc(-c2nccc3c(Nc4ccc(F)c(F)c4)c(N)oc23)ccn1. The van der Waals surface area contributed by atoms with Crippen LogP contribution in [0.15, 0.2) is 53.2 Å². The maximum absolute atomic E-state index is 13.5. The van der Waals surface area contributed by atoms with Gasteiger partial charge in [-0.15, -0.1) is 0 Å². The van der Waals surface area contributed by atoms with E-state index in [-0.39, 0.29) is 17.5 Å². The highest BCUT2D eigenvalue weighted by molar-refractivity contribution is 6.04. The summed E-state index contributed by atoms with van der Waals surface area (Å²) >= 11 is 0. The van der Waals surface area contributed by atoms with Gasteiger partial charge in [-0.1, -0.05) is 0 Å². The molecule has 0 bridgehead atoms. The van der Waals surface area contributed by atoms with E-state index >= 15 is 0 Å². The Morgan fingerprint density at radius 3 is 2.62 bits per heavy atom. The zero-order valence-electron chi connectivity index (χ0n) is 15.2. The first-order valence-electron chi connectivity index (χ1n) is 8.55. The molecule has 4 aromatic rings. The number of hydrogen-bond donors (Lipinski definition) is 3. The van der Waals surface area contributed by atoms with Gasteiger partial charge in [0.1, 0.15) is 17.1 Å². The summed E-state index contributed by atoms with van der Waals surface area (Å²) in [7, 11) is 1.51. The van der Waals surface area contributed by atoms with E-state index in [9.17, 15) is 13.6 Å². The average molecular weight is 395 g/mol. The van der Waals surface area contributed by atoms with E-state index in [2.05, 4.69) is 20.6 Å². The zero-order chi connectivity index (χ0) is 20.5. The molecule has 0 radical (unpaired) electrons. The molecule has 3 heterocycles. The molecule has 1 amide bonds. The Bertz CT molecular complexity index is 1240. The van der Waals surface area contributed by atoms with Gasteiger partial charge in [0.2, 0.25) is 5.88 Å². The Hall–Kier alpha value is -4.01. The Morgan fingerprint density at radius 2 is 1.86 bits per heavy atom. The van der Waals surface area contributed by atoms with E-state index in [1.807, 2.05) is 0 Å². The molecule has 0 aliphatic carbocycles. The van der Waals surface area contributed by atoms with Gasteiger partial charge in [-0.05, 0) is 30.3 Å². The van der Waals surface area contributed by atoms with Crippen molar-refractivity contribution in [3.8, 4) is 11.3 Å². The summed E-state index contributed by atoms with van der Waals surface area (Å²) in [6.45, 7) is 0. The van der Waals surface area contributed by atoms with Crippen molar-refractivity contribution in [2.24, 2.45) is 0 Å². The van der Waals surface area contributed by atoms with Crippen LogP contribution in [-0.4, -0.2) is 22.9 Å². The number of amides is 1. The molecular formula is C20H15F2N5O2. The quantitative estimate of drug-likeness (QED) is 0.485. The van der Waals surface area contributed by atoms with Gasteiger partial charge in [-0.25, -0.2) is 8.78 Å². The molecule has 9 heteroatoms. The van der Waals surface area contributed by atoms with Gasteiger partial charge in [0.25, 0.3) is 5.91 Å². The number of anilines is 3. The summed E-state index contributed by atoms with van der Waals surface area (Å²) in [5.74, 6) is -2.21. The van der Waals surface area contributed by atoms with Crippen LogP contribution in [0.1, 0.15) is 10.5 Å². The Kier molecular flexibility index (Phi) is 4.55. The molecular weight excluding hydrogens is 380 g/mol. The first kappa shape index (κ1) is 18.4. The number of rotatable bonds is 4. The molecule has 0 aliphatic heterocycles. The van der Waals surface area contributed by atoms with E-state index in [0.717, 1.165) is 12.1 Å². The first-order valence-corrected chi connectivity index (χ1v) is 8.55. The number of hydrogen-bond acceptors (Lipinski definition) is 6. The lowest BCUT2D eigenvalue weighted by Crippen LogP contribution is -2.19. The molecule has 0 unspecified atom stereocenters. The summed E-state index contributed by atoms with van der Waals surface area (Å²) in [5, 5.41) is 6.06. The predicted octanol–water partition coefficient (Wildman–Crippen LogP) is 3.85. The second-order valence-electron chi connectivity index (χ2n) is 6.14. The van der Waals surface area contributed by atoms with Crippen LogP contribution in [0, 0.1) is 11.6 Å². The highest BCUT2D eigenvalue weighted by Crippen LogP contribution is 2.39. The standard InChI is InChI=1S/C20H15F2N5O2/c1-24-20(28)15-8-10(4-6-25-15)16-18-12(5-7-26-16)17(19(23)29-18)27-11-2-3-13(21)14(22)9-11/h2-9,27H,23H2,1H3,(H,24,28). The van der Waals surface area contributed by atoms with Crippen LogP contribution in [0.5, 0.6) is 0 Å². The number of aromatic nitrogens is 2. The second-order valence-corrected chi connectivity index (χ2v) is 6.14. The van der Waals surface area contributed by atoms with Crippen molar-refractivity contribution in [1.29, 1.82) is 0 Å². The molecule has 29 heavy (non-hydrogen) atoms. The van der Waals surface area contributed by atoms with Gasteiger partial charge in [-0.3, -0.25) is 14.8 Å². The second kappa shape index (κ2) is 7.19. The normalized spacial score (nSPS) is 10.9. The summed E-state index contributed by atoms with van der Waals surface area (Å²) < 4.78 is 32.4. The van der Waals surface area contributed by atoms with Crippen molar-refractivity contribution < 1.29 is 18.0 Å². The third-order valence-corrected chi connectivity index (χ3v) is 4.31. The lowest BCUT2D eigenvalue weighted by Gasteiger charge is -2.06. The number of benzene rings is 1. The van der Waals surface area contributed by atoms with Crippen molar-refractivity contribution in [1.82, 2.24) is 15.3 Å². The van der Waals surface area contributed by atoms with E-state index in [4.69, 9.17) is 10.2 Å². The number of nitrogens with two attached hydrogens (primary N) is 1. The van der Waals surface area contributed by atoms with Gasteiger partial charge < -0.3 is 20.8 Å². The fraction of sp³-hybridized carbons (Fsp3) is 0.0500. The lowest BCUT2D eigenvalue weighted by atomic mass is 10.1. The molecule has 7 nitrogen and oxygen atoms in total. The largest absolute Gasteiger partial charge is 0.436 e. The fourth-order valence-electron chi connectivity index (χ4n) is 2.92. The summed E-state index contributed by atoms with van der Waals surface area (Å²) in [6, 6.07) is 8.38. The van der Waals surface area contributed by atoms with Crippen molar-refractivity contribution >= 4 is 34.1 Å². The number of furan rings is 1. The maximum atomic E-state index is 13.5. The minimum absolute atomic E-state index is 0.0552. The molecule has 0 spiro atoms. The third-order valence-electron chi connectivity index (χ3n) is 4.31. The van der Waals surface area contributed by atoms with Crippen LogP contribution < -0.4 is 16.4 Å². The molecule has 0 saturated heterocycles. The van der Waals surface area contributed by atoms with E-state index in [1.165, 1.54) is 19.3 Å². The number of nitrogen functional groups attached to an aromatic ring is 1. The smallest absolute Gasteiger partial charge is 0.269 e. The van der Waals surface area contributed by atoms with Crippen LogP contribution in [-0.2, 0) is 0 Å². The van der Waals surface area contributed by atoms with Gasteiger partial charge in [0.15, 0.2) is 17.2 Å². The van der Waals surface area contributed by atoms with Crippen LogP contribution in [0.2, 0.25) is 0 Å². The Balaban J connectivity index is 1.80. The monoisotopic (exact) mass is 395 g/mol. The van der Waals surface area contributed by atoms with Crippen molar-refractivity contribution in [3.05, 3.63) is 66.1 Å². The van der Waals surface area contributed by atoms with Crippen molar-refractivity contribution in [3.63, 3.8) is 0 Å². The molecule has 0 fully saturated rings. The summed E-state index contributed by atoms with van der Waals surface area (Å²) in [6.07, 6.45) is 3.05. The number of carbonyl (C=O) groups excluding carboxylic acids is 1. The molecule has 0 atom stereocenters. The predicted molar refractivity (Wildman–Crippen MR) is 105 cm³/mol. The highest BCUT2D eigenvalue weighted by Gasteiger charge is 2.18. The number of carbonyl (C=O) groups is 1. The van der Waals surface area contributed by atoms with E-state index in [0.29, 0.717) is 33.6 Å². The maximum Gasteiger partial charge on any atom is 0.269 e. The molecule has 146 valence electrons. The number of pyridine rings is 2. The number of nitrogens with zero attached hydrogens (tertiary/aromatic N) is 2. The number of nitrogens with one attached hydrogen (secondary N) is 2. The Labute approximate surface area is 163 Å². The van der Waals surface area contributed by atoms with Crippen LogP contribution in [0.25, 0.3) is 22.2 Å². The molecule has 0 saturated carbocycles. The van der Waals surface area contributed by atoms with E-state index < -0.39 is 11.6 Å². The first-order chi connectivity index (χ1) is 14.0. The molecule has 3 aromatic heterocycles. The van der Waals surface area contributed by atoms with Gasteiger partial charge in [0.05, 0.1) is 5.39 Å². The Morgan fingerprint density at radius 1 is 1.07 bits per heavy atom. The van der Waals surface area contributed by atoms with E-state index in [1.54, 1.807) is 24.4 Å². The minimum Gasteiger partial charge on any atom is -0.436 e. The minimum atomic E-state index is -0.984. The molecule has 0 aliphatic rings. The summed E-state index contributed by atoms with van der Waals surface area (Å²) in [5.41, 5.74) is 8.39. The zero-order valence-corrected chi connectivity index (χ0v) is 15.2. The highest BCUT2D eigenvalue weighted by atomic mass is 19.2. The topological polar surface area (TPSA) is 106 Å². The van der Waals surface area contributed by atoms with Gasteiger partial charge in [-0.2, -0.15) is 0 Å². The molecule has 4 N–H and O–H groups in total. The number of fused-ring (bicyclic) bond motifs is 1. The van der Waals surface area contributed by atoms with Crippen LogP contribution >= 0.6 is 0 Å². The van der Waals surface area contributed by atoms with Crippen molar-refractivity contribution in [2.75, 3.05) is 18.1 Å². The number of halogens is 2. The van der Waals surface area contributed by atoms with Crippen molar-refractivity contribution in [2.45, 2.75) is 0 Å². The average Bonchev–Trinajstić information content (AvgIpc) is 3.05.